The van der Waals surface area contributed by atoms with Crippen LogP contribution in [0.25, 0.3) is 0 Å². The average Bonchev–Trinajstić information content (AvgIpc) is 2.87. The first-order valence-corrected chi connectivity index (χ1v) is 8.62. The number of sulfonamides is 1. The van der Waals surface area contributed by atoms with E-state index in [1.807, 2.05) is 6.92 Å². The van der Waals surface area contributed by atoms with E-state index in [9.17, 15) is 8.42 Å². The Morgan fingerprint density at radius 1 is 1.16 bits per heavy atom. The van der Waals surface area contributed by atoms with Crippen molar-refractivity contribution in [2.75, 3.05) is 6.54 Å². The van der Waals surface area contributed by atoms with Crippen molar-refractivity contribution in [3.8, 4) is 0 Å². The zero-order chi connectivity index (χ0) is 14.1. The van der Waals surface area contributed by atoms with Gasteiger partial charge in [0.25, 0.3) is 10.0 Å². The number of nitrogens with one attached hydrogen (secondary N) is 2. The van der Waals surface area contributed by atoms with E-state index in [0.29, 0.717) is 18.8 Å². The van der Waals surface area contributed by atoms with E-state index in [4.69, 9.17) is 0 Å². The highest BCUT2D eigenvalue weighted by Crippen LogP contribution is 2.07. The molecule has 0 fully saturated rings. The largest absolute Gasteiger partial charge is 0.332 e. The molecule has 5 nitrogen and oxygen atoms in total. The van der Waals surface area contributed by atoms with E-state index in [0.717, 1.165) is 12.8 Å². The molecule has 0 aromatic carbocycles. The lowest BCUT2D eigenvalue weighted by Crippen LogP contribution is -2.25. The molecular formula is C13H25N3O2S. The normalized spacial score (nSPS) is 11.9. The van der Waals surface area contributed by atoms with Gasteiger partial charge in [0.1, 0.15) is 5.82 Å². The predicted octanol–water partition coefficient (Wildman–Crippen LogP) is 2.61. The van der Waals surface area contributed by atoms with E-state index in [-0.39, 0.29) is 5.03 Å². The minimum atomic E-state index is -3.42. The summed E-state index contributed by atoms with van der Waals surface area (Å²) in [4.78, 5) is 6.81. The van der Waals surface area contributed by atoms with Gasteiger partial charge in [0.05, 0.1) is 6.20 Å². The van der Waals surface area contributed by atoms with Crippen LogP contribution in [0.5, 0.6) is 0 Å². The number of nitrogens with zero attached hydrogens (tertiary/aromatic N) is 1. The van der Waals surface area contributed by atoms with Crippen molar-refractivity contribution >= 4 is 10.0 Å². The van der Waals surface area contributed by atoms with Crippen LogP contribution in [0.4, 0.5) is 0 Å². The topological polar surface area (TPSA) is 74.8 Å². The van der Waals surface area contributed by atoms with Crippen LogP contribution < -0.4 is 4.72 Å². The SMILES string of the molecule is CCCCCCCCNS(=O)(=O)c1cnc(CC)[nH]1. The van der Waals surface area contributed by atoms with E-state index in [2.05, 4.69) is 21.6 Å². The molecule has 0 amide bonds. The third-order valence-electron chi connectivity index (χ3n) is 3.05. The van der Waals surface area contributed by atoms with Crippen molar-refractivity contribution in [3.63, 3.8) is 0 Å². The number of hydrogen-bond donors (Lipinski definition) is 2. The molecule has 2 N–H and O–H groups in total. The maximum absolute atomic E-state index is 11.9. The fourth-order valence-electron chi connectivity index (χ4n) is 1.85. The number of aromatic nitrogens is 2. The Labute approximate surface area is 116 Å². The molecule has 0 aliphatic carbocycles. The van der Waals surface area contributed by atoms with Crippen LogP contribution in [0.2, 0.25) is 0 Å². The summed E-state index contributed by atoms with van der Waals surface area (Å²) >= 11 is 0. The summed E-state index contributed by atoms with van der Waals surface area (Å²) in [5.74, 6) is 0.694. The highest BCUT2D eigenvalue weighted by atomic mass is 32.2. The average molecular weight is 287 g/mol. The van der Waals surface area contributed by atoms with Crippen molar-refractivity contribution in [1.82, 2.24) is 14.7 Å². The molecule has 1 heterocycles. The Balaban J connectivity index is 2.27. The fraction of sp³-hybridized carbons (Fsp3) is 0.769. The molecule has 0 aliphatic heterocycles. The van der Waals surface area contributed by atoms with Gasteiger partial charge in [0, 0.05) is 13.0 Å². The molecule has 110 valence electrons. The Kier molecular flexibility index (Phi) is 7.09. The van der Waals surface area contributed by atoms with E-state index < -0.39 is 10.0 Å². The highest BCUT2D eigenvalue weighted by Gasteiger charge is 2.15. The zero-order valence-corrected chi connectivity index (χ0v) is 12.7. The second-order valence-corrected chi connectivity index (χ2v) is 6.45. The molecule has 0 unspecified atom stereocenters. The standard InChI is InChI=1S/C13H25N3O2S/c1-3-5-6-7-8-9-10-15-19(17,18)13-11-14-12(4-2)16-13/h11,15H,3-10H2,1-2H3,(H,14,16). The molecule has 0 spiro atoms. The predicted molar refractivity (Wildman–Crippen MR) is 76.5 cm³/mol. The number of aryl methyl sites for hydroxylation is 1. The molecule has 0 saturated heterocycles. The van der Waals surface area contributed by atoms with Crippen LogP contribution in [-0.2, 0) is 16.4 Å². The smallest absolute Gasteiger partial charge is 0.257 e. The molecular weight excluding hydrogens is 262 g/mol. The van der Waals surface area contributed by atoms with Gasteiger partial charge in [-0.3, -0.25) is 0 Å². The Morgan fingerprint density at radius 3 is 2.47 bits per heavy atom. The van der Waals surface area contributed by atoms with Gasteiger partial charge in [-0.1, -0.05) is 46.0 Å². The van der Waals surface area contributed by atoms with Gasteiger partial charge in [0.15, 0.2) is 5.03 Å². The minimum absolute atomic E-state index is 0.162. The first-order chi connectivity index (χ1) is 9.10. The quantitative estimate of drug-likeness (QED) is 0.650. The van der Waals surface area contributed by atoms with Crippen molar-refractivity contribution in [1.29, 1.82) is 0 Å². The lowest BCUT2D eigenvalue weighted by Gasteiger charge is -2.04. The van der Waals surface area contributed by atoms with Crippen LogP contribution in [0.3, 0.4) is 0 Å². The summed E-state index contributed by atoms with van der Waals surface area (Å²) in [6, 6.07) is 0. The lowest BCUT2D eigenvalue weighted by molar-refractivity contribution is 0.565. The number of rotatable bonds is 10. The first-order valence-electron chi connectivity index (χ1n) is 7.13. The fourth-order valence-corrected chi connectivity index (χ4v) is 2.86. The van der Waals surface area contributed by atoms with Gasteiger partial charge in [-0.15, -0.1) is 0 Å². The van der Waals surface area contributed by atoms with Gasteiger partial charge in [-0.25, -0.2) is 18.1 Å². The summed E-state index contributed by atoms with van der Waals surface area (Å²) in [5.41, 5.74) is 0. The molecule has 1 aromatic rings. The number of aromatic amines is 1. The molecule has 0 radical (unpaired) electrons. The summed E-state index contributed by atoms with van der Waals surface area (Å²) in [6.45, 7) is 4.61. The van der Waals surface area contributed by atoms with Gasteiger partial charge >= 0.3 is 0 Å². The number of imidazole rings is 1. The van der Waals surface area contributed by atoms with Gasteiger partial charge in [-0.05, 0) is 6.42 Å². The maximum atomic E-state index is 11.9. The van der Waals surface area contributed by atoms with Gasteiger partial charge in [0.2, 0.25) is 0 Å². The summed E-state index contributed by atoms with van der Waals surface area (Å²) < 4.78 is 26.4. The van der Waals surface area contributed by atoms with E-state index in [1.54, 1.807) is 0 Å². The Morgan fingerprint density at radius 2 is 1.84 bits per heavy atom. The van der Waals surface area contributed by atoms with Gasteiger partial charge < -0.3 is 4.98 Å². The molecule has 6 heteroatoms. The number of H-pyrrole nitrogens is 1. The lowest BCUT2D eigenvalue weighted by atomic mass is 10.1. The van der Waals surface area contributed by atoms with E-state index in [1.165, 1.54) is 31.9 Å². The third-order valence-corrected chi connectivity index (χ3v) is 4.42. The maximum Gasteiger partial charge on any atom is 0.257 e. The zero-order valence-electron chi connectivity index (χ0n) is 11.9. The molecule has 0 saturated carbocycles. The van der Waals surface area contributed by atoms with Crippen molar-refractivity contribution < 1.29 is 8.42 Å². The second-order valence-electron chi connectivity index (χ2n) is 4.71. The number of hydrogen-bond acceptors (Lipinski definition) is 3. The summed E-state index contributed by atoms with van der Waals surface area (Å²) in [7, 11) is -3.42. The Bertz CT molecular complexity index is 454. The monoisotopic (exact) mass is 287 g/mol. The van der Waals surface area contributed by atoms with E-state index >= 15 is 0 Å². The molecule has 1 rings (SSSR count). The van der Waals surface area contributed by atoms with Crippen molar-refractivity contribution in [2.24, 2.45) is 0 Å². The first kappa shape index (κ1) is 16.2. The molecule has 0 atom stereocenters. The van der Waals surface area contributed by atoms with Crippen LogP contribution in [0, 0.1) is 0 Å². The Hall–Kier alpha value is -0.880. The number of unbranched alkanes of at least 4 members (excludes halogenated alkanes) is 5. The van der Waals surface area contributed by atoms with Crippen molar-refractivity contribution in [2.45, 2.75) is 63.8 Å². The molecule has 19 heavy (non-hydrogen) atoms. The third kappa shape index (κ3) is 5.74. The van der Waals surface area contributed by atoms with Crippen molar-refractivity contribution in [3.05, 3.63) is 12.0 Å². The minimum Gasteiger partial charge on any atom is -0.332 e. The van der Waals surface area contributed by atoms with Crippen LogP contribution in [0.1, 0.15) is 58.2 Å². The van der Waals surface area contributed by atoms with Crippen LogP contribution >= 0.6 is 0 Å². The second kappa shape index (κ2) is 8.32. The summed E-state index contributed by atoms with van der Waals surface area (Å²) in [5, 5.41) is 0.162. The van der Waals surface area contributed by atoms with Crippen LogP contribution in [0.15, 0.2) is 11.2 Å². The highest BCUT2D eigenvalue weighted by molar-refractivity contribution is 7.89. The molecule has 0 aliphatic rings. The van der Waals surface area contributed by atoms with Crippen LogP contribution in [-0.4, -0.2) is 24.9 Å². The van der Waals surface area contributed by atoms with Gasteiger partial charge in [-0.2, -0.15) is 0 Å². The summed E-state index contributed by atoms with van der Waals surface area (Å²) in [6.07, 6.45) is 8.95. The molecule has 0 bridgehead atoms. The molecule has 1 aromatic heterocycles.